The van der Waals surface area contributed by atoms with Crippen LogP contribution in [0.5, 0.6) is 0 Å². The highest BCUT2D eigenvalue weighted by Crippen LogP contribution is 2.64. The number of carbonyl (C=O) groups excluding carboxylic acids is 2. The Bertz CT molecular complexity index is 699. The molecule has 3 fully saturated rings. The Hall–Kier alpha value is -0.960. The Balaban J connectivity index is 1.81. The molecule has 4 aliphatic rings. The van der Waals surface area contributed by atoms with E-state index >= 15 is 0 Å². The maximum atomic E-state index is 12.8. The zero-order chi connectivity index (χ0) is 19.1. The molecule has 22 heavy (non-hydrogen) atoms. The number of carbonyl (C=O) groups is 2. The third-order valence-corrected chi connectivity index (χ3v) is 7.00. The van der Waals surface area contributed by atoms with Crippen LogP contribution < -0.4 is 0 Å². The van der Waals surface area contributed by atoms with Crippen LogP contribution in [0.1, 0.15) is 64.2 Å². The van der Waals surface area contributed by atoms with E-state index in [0.717, 1.165) is 5.57 Å². The second-order valence-corrected chi connectivity index (χ2v) is 7.94. The number of aliphatic hydroxyl groups is 1. The molecule has 0 radical (unpaired) electrons. The van der Waals surface area contributed by atoms with Gasteiger partial charge in [0.15, 0.2) is 5.78 Å². The van der Waals surface area contributed by atoms with Gasteiger partial charge in [0.05, 0.1) is 6.10 Å². The highest BCUT2D eigenvalue weighted by Gasteiger charge is 2.61. The quantitative estimate of drug-likeness (QED) is 0.748. The number of hydrogen-bond donors (Lipinski definition) is 1. The van der Waals surface area contributed by atoms with Crippen molar-refractivity contribution in [2.45, 2.75) is 64.8 Å². The summed E-state index contributed by atoms with van der Waals surface area (Å²) in [5.74, 6) is -0.997. The van der Waals surface area contributed by atoms with Gasteiger partial charge in [-0.25, -0.2) is 0 Å². The lowest BCUT2D eigenvalue weighted by molar-refractivity contribution is -0.147. The normalized spacial score (nSPS) is 57.5. The van der Waals surface area contributed by atoms with Gasteiger partial charge in [0.1, 0.15) is 5.78 Å². The SMILES string of the molecule is [2H]C1C[C@H]2[C@@H]3CCC4=CC(=O)CC[C@]4(C)[C@H]3C(O)C[C@]2(C([2H])([2H])[2H])C1=O. The van der Waals surface area contributed by atoms with Crippen molar-refractivity contribution in [1.29, 1.82) is 0 Å². The van der Waals surface area contributed by atoms with Gasteiger partial charge in [0, 0.05) is 23.7 Å². The van der Waals surface area contributed by atoms with E-state index in [2.05, 4.69) is 6.92 Å². The zero-order valence-corrected chi connectivity index (χ0v) is 13.0. The van der Waals surface area contributed by atoms with E-state index in [1.807, 2.05) is 0 Å². The lowest BCUT2D eigenvalue weighted by atomic mass is 9.46. The summed E-state index contributed by atoms with van der Waals surface area (Å²) in [6.07, 6.45) is 2.52. The average Bonchev–Trinajstić information content (AvgIpc) is 2.80. The Labute approximate surface area is 137 Å². The minimum atomic E-state index is -2.50. The van der Waals surface area contributed by atoms with Gasteiger partial charge in [0.2, 0.25) is 0 Å². The fourth-order valence-electron chi connectivity index (χ4n) is 5.90. The van der Waals surface area contributed by atoms with E-state index in [4.69, 9.17) is 5.48 Å². The third kappa shape index (κ3) is 1.72. The van der Waals surface area contributed by atoms with Gasteiger partial charge in [-0.1, -0.05) is 19.3 Å². The molecule has 1 N–H and O–H groups in total. The molecule has 0 aromatic heterocycles. The van der Waals surface area contributed by atoms with Crippen LogP contribution in [0.3, 0.4) is 0 Å². The van der Waals surface area contributed by atoms with Crippen LogP contribution in [0, 0.1) is 28.6 Å². The molecule has 3 heteroatoms. The Morgan fingerprint density at radius 1 is 1.32 bits per heavy atom. The van der Waals surface area contributed by atoms with Crippen molar-refractivity contribution in [2.75, 3.05) is 0 Å². The van der Waals surface area contributed by atoms with Gasteiger partial charge in [-0.2, -0.15) is 0 Å². The molecule has 120 valence electrons. The molecule has 3 saturated carbocycles. The van der Waals surface area contributed by atoms with Crippen molar-refractivity contribution in [1.82, 2.24) is 0 Å². The molecule has 0 amide bonds. The summed E-state index contributed by atoms with van der Waals surface area (Å²) in [7, 11) is 0. The topological polar surface area (TPSA) is 54.4 Å². The molecule has 0 bridgehead atoms. The summed E-state index contributed by atoms with van der Waals surface area (Å²) in [6.45, 7) is -0.418. The second kappa shape index (κ2) is 4.53. The predicted octanol–water partition coefficient (Wildman–Crippen LogP) is 3.06. The highest BCUT2D eigenvalue weighted by molar-refractivity contribution is 5.91. The van der Waals surface area contributed by atoms with Crippen molar-refractivity contribution in [3.8, 4) is 0 Å². The maximum absolute atomic E-state index is 12.8. The molecule has 0 saturated heterocycles. The number of hydrogen-bond acceptors (Lipinski definition) is 3. The van der Waals surface area contributed by atoms with Crippen LogP contribution in [0.2, 0.25) is 0 Å². The van der Waals surface area contributed by atoms with Crippen LogP contribution in [0.4, 0.5) is 0 Å². The molecule has 0 spiro atoms. The number of fused-ring (bicyclic) bond motifs is 5. The van der Waals surface area contributed by atoms with Gasteiger partial charge in [-0.15, -0.1) is 0 Å². The fraction of sp³-hybridized carbons (Fsp3) is 0.789. The number of ketones is 2. The van der Waals surface area contributed by atoms with Crippen molar-refractivity contribution >= 4 is 11.6 Å². The number of allylic oxidation sites excluding steroid dienone is 1. The van der Waals surface area contributed by atoms with E-state index < -0.39 is 30.6 Å². The first-order valence-corrected chi connectivity index (χ1v) is 8.41. The molecule has 2 unspecified atom stereocenters. The van der Waals surface area contributed by atoms with Crippen molar-refractivity contribution < 1.29 is 20.2 Å². The van der Waals surface area contributed by atoms with Crippen LogP contribution in [0.15, 0.2) is 11.6 Å². The zero-order valence-electron chi connectivity index (χ0n) is 17.0. The Morgan fingerprint density at radius 2 is 2.14 bits per heavy atom. The lowest BCUT2D eigenvalue weighted by Gasteiger charge is -2.58. The lowest BCUT2D eigenvalue weighted by Crippen LogP contribution is -2.56. The van der Waals surface area contributed by atoms with Crippen LogP contribution in [-0.4, -0.2) is 22.8 Å². The fourth-order valence-corrected chi connectivity index (χ4v) is 5.90. The second-order valence-electron chi connectivity index (χ2n) is 7.94. The Kier molecular flexibility index (Phi) is 2.21. The van der Waals surface area contributed by atoms with Crippen molar-refractivity contribution in [2.24, 2.45) is 28.6 Å². The van der Waals surface area contributed by atoms with E-state index in [1.54, 1.807) is 6.08 Å². The van der Waals surface area contributed by atoms with Gasteiger partial charge in [-0.05, 0) is 61.3 Å². The minimum Gasteiger partial charge on any atom is -0.393 e. The predicted molar refractivity (Wildman–Crippen MR) is 83.1 cm³/mol. The first kappa shape index (κ1) is 10.7. The number of Topliss-reactive ketones (excluding diaryl/α,β-unsaturated/α-hetero) is 1. The Morgan fingerprint density at radius 3 is 2.91 bits per heavy atom. The average molecular weight is 306 g/mol. The standard InChI is InChI=1S/C19H26O3/c1-18-8-7-12(20)9-11(18)3-4-13-14-5-6-16(22)19(14,2)10-15(21)17(13)18/h9,13-15,17,21H,3-8,10H2,1-2H3/t13-,14-,15?,17+,18-,19-/m0/s1/i2D3,6D/t6?,13-,14-,15?,17+,18-,19-. The first-order chi connectivity index (χ1) is 12.0. The third-order valence-electron chi connectivity index (χ3n) is 7.00. The van der Waals surface area contributed by atoms with Gasteiger partial charge >= 0.3 is 0 Å². The van der Waals surface area contributed by atoms with Crippen LogP contribution >= 0.6 is 0 Å². The molecule has 3 nitrogen and oxygen atoms in total. The molecule has 0 heterocycles. The van der Waals surface area contributed by atoms with Crippen LogP contribution in [0.25, 0.3) is 0 Å². The highest BCUT2D eigenvalue weighted by atomic mass is 16.3. The molecular weight excluding hydrogens is 276 g/mol. The summed E-state index contributed by atoms with van der Waals surface area (Å²) in [6, 6.07) is 0. The van der Waals surface area contributed by atoms with Crippen molar-refractivity contribution in [3.63, 3.8) is 0 Å². The minimum absolute atomic E-state index is 0.0830. The van der Waals surface area contributed by atoms with E-state index in [-0.39, 0.29) is 41.8 Å². The molecule has 7 atom stereocenters. The molecule has 0 aliphatic heterocycles. The van der Waals surface area contributed by atoms with Gasteiger partial charge < -0.3 is 5.11 Å². The van der Waals surface area contributed by atoms with Crippen LogP contribution in [-0.2, 0) is 9.59 Å². The molecule has 0 aromatic rings. The van der Waals surface area contributed by atoms with E-state index in [0.29, 0.717) is 25.7 Å². The summed E-state index contributed by atoms with van der Waals surface area (Å²) in [5.41, 5.74) is -0.829. The smallest absolute Gasteiger partial charge is 0.155 e. The molecule has 0 aromatic carbocycles. The first-order valence-electron chi connectivity index (χ1n) is 10.5. The number of rotatable bonds is 0. The number of aliphatic hydroxyl groups excluding tert-OH is 1. The van der Waals surface area contributed by atoms with E-state index in [9.17, 15) is 14.7 Å². The summed E-state index contributed by atoms with van der Waals surface area (Å²) >= 11 is 0. The maximum Gasteiger partial charge on any atom is 0.155 e. The van der Waals surface area contributed by atoms with Gasteiger partial charge in [-0.3, -0.25) is 9.59 Å². The van der Waals surface area contributed by atoms with Gasteiger partial charge in [0.25, 0.3) is 0 Å². The van der Waals surface area contributed by atoms with Crippen molar-refractivity contribution in [3.05, 3.63) is 11.6 Å². The van der Waals surface area contributed by atoms with E-state index in [1.165, 1.54) is 0 Å². The largest absolute Gasteiger partial charge is 0.393 e. The molecular formula is C19H26O3. The molecule has 4 rings (SSSR count). The summed E-state index contributed by atoms with van der Waals surface area (Å²) in [4.78, 5) is 24.7. The summed E-state index contributed by atoms with van der Waals surface area (Å²) < 4.78 is 32.4. The molecule has 4 aliphatic carbocycles. The summed E-state index contributed by atoms with van der Waals surface area (Å²) in [5, 5.41) is 11.1. The monoisotopic (exact) mass is 306 g/mol.